The summed E-state index contributed by atoms with van der Waals surface area (Å²) in [6, 6.07) is 8.73. The van der Waals surface area contributed by atoms with Crippen LogP contribution >= 0.6 is 11.6 Å². The molecule has 0 N–H and O–H groups in total. The molecule has 0 spiro atoms. The standard InChI is InChI=1S/C17H20ClN3O2S/c1-11(12-6-8-14(9-7-12)24(3,22)23)21(2)16-10-15(18)19-17(20-16)13-4-5-13/h6-11,13H,4-5H2,1-3H3. The molecule has 0 aliphatic heterocycles. The molecule has 7 heteroatoms. The Morgan fingerprint density at radius 3 is 2.38 bits per heavy atom. The van der Waals surface area contributed by atoms with Crippen LogP contribution < -0.4 is 4.90 Å². The molecule has 1 atom stereocenters. The SMILES string of the molecule is CC(c1ccc(S(C)(=O)=O)cc1)N(C)c1cc(Cl)nc(C2CC2)n1. The van der Waals surface area contributed by atoms with Crippen LogP contribution in [0.2, 0.25) is 5.15 Å². The van der Waals surface area contributed by atoms with Crippen LogP contribution in [0.4, 0.5) is 5.82 Å². The van der Waals surface area contributed by atoms with E-state index in [4.69, 9.17) is 11.6 Å². The van der Waals surface area contributed by atoms with Gasteiger partial charge >= 0.3 is 0 Å². The lowest BCUT2D eigenvalue weighted by molar-refractivity contribution is 0.601. The first-order chi connectivity index (χ1) is 11.3. The topological polar surface area (TPSA) is 63.2 Å². The Labute approximate surface area is 147 Å². The van der Waals surface area contributed by atoms with E-state index in [1.807, 2.05) is 31.0 Å². The lowest BCUT2D eigenvalue weighted by Crippen LogP contribution is -2.23. The van der Waals surface area contributed by atoms with Gasteiger partial charge in [-0.3, -0.25) is 0 Å². The zero-order valence-electron chi connectivity index (χ0n) is 13.9. The molecule has 1 aliphatic carbocycles. The lowest BCUT2D eigenvalue weighted by atomic mass is 10.1. The maximum atomic E-state index is 11.6. The van der Waals surface area contributed by atoms with Crippen molar-refractivity contribution in [2.24, 2.45) is 0 Å². The molecule has 1 aromatic carbocycles. The minimum atomic E-state index is -3.18. The van der Waals surface area contributed by atoms with Crippen molar-refractivity contribution < 1.29 is 8.42 Å². The minimum Gasteiger partial charge on any atom is -0.353 e. The predicted octanol–water partition coefficient (Wildman–Crippen LogP) is 3.61. The molecule has 24 heavy (non-hydrogen) atoms. The summed E-state index contributed by atoms with van der Waals surface area (Å²) >= 11 is 6.14. The molecule has 3 rings (SSSR count). The van der Waals surface area contributed by atoms with Crippen LogP contribution in [0.1, 0.15) is 43.1 Å². The summed E-state index contributed by atoms with van der Waals surface area (Å²) in [5.41, 5.74) is 1.01. The number of halogens is 1. The number of aromatic nitrogens is 2. The van der Waals surface area contributed by atoms with Gasteiger partial charge in [0.05, 0.1) is 10.9 Å². The smallest absolute Gasteiger partial charge is 0.175 e. The summed E-state index contributed by atoms with van der Waals surface area (Å²) in [5, 5.41) is 0.452. The Hall–Kier alpha value is -1.66. The van der Waals surface area contributed by atoms with Crippen molar-refractivity contribution in [3.05, 3.63) is 46.9 Å². The first-order valence-electron chi connectivity index (χ1n) is 7.83. The van der Waals surface area contributed by atoms with Crippen molar-refractivity contribution in [1.82, 2.24) is 9.97 Å². The highest BCUT2D eigenvalue weighted by Crippen LogP contribution is 2.39. The molecule has 1 saturated carbocycles. The van der Waals surface area contributed by atoms with E-state index in [-0.39, 0.29) is 6.04 Å². The minimum absolute atomic E-state index is 0.0247. The number of sulfone groups is 1. The van der Waals surface area contributed by atoms with E-state index >= 15 is 0 Å². The van der Waals surface area contributed by atoms with Gasteiger partial charge in [-0.15, -0.1) is 0 Å². The average Bonchev–Trinajstić information content (AvgIpc) is 3.37. The normalized spacial score (nSPS) is 16.0. The Balaban J connectivity index is 1.85. The summed E-state index contributed by atoms with van der Waals surface area (Å²) in [6.45, 7) is 2.04. The highest BCUT2D eigenvalue weighted by molar-refractivity contribution is 7.90. The van der Waals surface area contributed by atoms with E-state index in [9.17, 15) is 8.42 Å². The van der Waals surface area contributed by atoms with Crippen LogP contribution in [0.5, 0.6) is 0 Å². The summed E-state index contributed by atoms with van der Waals surface area (Å²) in [4.78, 5) is 11.3. The van der Waals surface area contributed by atoms with E-state index in [2.05, 4.69) is 9.97 Å². The molecule has 1 fully saturated rings. The number of nitrogens with zero attached hydrogens (tertiary/aromatic N) is 3. The Morgan fingerprint density at radius 1 is 1.21 bits per heavy atom. The van der Waals surface area contributed by atoms with Gasteiger partial charge in [0, 0.05) is 25.3 Å². The fraction of sp³-hybridized carbons (Fsp3) is 0.412. The average molecular weight is 366 g/mol. The molecule has 0 saturated heterocycles. The number of hydrogen-bond acceptors (Lipinski definition) is 5. The fourth-order valence-corrected chi connectivity index (χ4v) is 3.36. The van der Waals surface area contributed by atoms with Gasteiger partial charge in [-0.1, -0.05) is 23.7 Å². The lowest BCUT2D eigenvalue weighted by Gasteiger charge is -2.27. The van der Waals surface area contributed by atoms with E-state index in [1.54, 1.807) is 18.2 Å². The molecule has 0 amide bonds. The second kappa shape index (κ2) is 6.33. The second-order valence-corrected chi connectivity index (χ2v) is 8.71. The van der Waals surface area contributed by atoms with Crippen LogP contribution in [-0.4, -0.2) is 31.7 Å². The van der Waals surface area contributed by atoms with Crippen molar-refractivity contribution in [2.75, 3.05) is 18.2 Å². The fourth-order valence-electron chi connectivity index (χ4n) is 2.54. The van der Waals surface area contributed by atoms with Crippen LogP contribution in [0.3, 0.4) is 0 Å². The summed E-state index contributed by atoms with van der Waals surface area (Å²) in [7, 11) is -1.23. The third kappa shape index (κ3) is 3.70. The monoisotopic (exact) mass is 365 g/mol. The quantitative estimate of drug-likeness (QED) is 0.757. The largest absolute Gasteiger partial charge is 0.353 e. The van der Waals surface area contributed by atoms with Gasteiger partial charge < -0.3 is 4.90 Å². The molecule has 0 bridgehead atoms. The van der Waals surface area contributed by atoms with Crippen molar-refractivity contribution >= 4 is 27.3 Å². The zero-order valence-corrected chi connectivity index (χ0v) is 15.5. The molecule has 1 heterocycles. The molecule has 5 nitrogen and oxygen atoms in total. The van der Waals surface area contributed by atoms with Crippen molar-refractivity contribution in [1.29, 1.82) is 0 Å². The van der Waals surface area contributed by atoms with Crippen molar-refractivity contribution in [3.8, 4) is 0 Å². The molecule has 0 radical (unpaired) electrons. The van der Waals surface area contributed by atoms with Crippen molar-refractivity contribution in [3.63, 3.8) is 0 Å². The van der Waals surface area contributed by atoms with E-state index in [0.29, 0.717) is 16.0 Å². The Bertz CT molecular complexity index is 849. The van der Waals surface area contributed by atoms with Gasteiger partial charge in [0.1, 0.15) is 16.8 Å². The highest BCUT2D eigenvalue weighted by Gasteiger charge is 2.28. The van der Waals surface area contributed by atoms with Crippen LogP contribution in [0.15, 0.2) is 35.2 Å². The maximum Gasteiger partial charge on any atom is 0.175 e. The number of benzene rings is 1. The summed E-state index contributed by atoms with van der Waals surface area (Å²) in [6.07, 6.45) is 3.44. The molecule has 1 unspecified atom stereocenters. The predicted molar refractivity (Wildman–Crippen MR) is 95.4 cm³/mol. The molecule has 2 aromatic rings. The second-order valence-electron chi connectivity index (χ2n) is 6.31. The van der Waals surface area contributed by atoms with Gasteiger partial charge in [0.2, 0.25) is 0 Å². The Kier molecular flexibility index (Phi) is 4.53. The molecule has 1 aromatic heterocycles. The van der Waals surface area contributed by atoms with Crippen LogP contribution in [0, 0.1) is 0 Å². The van der Waals surface area contributed by atoms with Gasteiger partial charge in [-0.2, -0.15) is 0 Å². The molecular weight excluding hydrogens is 346 g/mol. The first kappa shape index (κ1) is 17.2. The highest BCUT2D eigenvalue weighted by atomic mass is 35.5. The molecular formula is C17H20ClN3O2S. The maximum absolute atomic E-state index is 11.6. The molecule has 128 valence electrons. The first-order valence-corrected chi connectivity index (χ1v) is 10.1. The number of hydrogen-bond donors (Lipinski definition) is 0. The van der Waals surface area contributed by atoms with Gasteiger partial charge in [-0.05, 0) is 37.5 Å². The third-order valence-corrected chi connectivity index (χ3v) is 5.70. The summed E-state index contributed by atoms with van der Waals surface area (Å²) in [5.74, 6) is 2.01. The van der Waals surface area contributed by atoms with Crippen molar-refractivity contribution in [2.45, 2.75) is 36.6 Å². The number of rotatable bonds is 5. The van der Waals surface area contributed by atoms with Crippen LogP contribution in [-0.2, 0) is 9.84 Å². The van der Waals surface area contributed by atoms with Gasteiger partial charge in [0.25, 0.3) is 0 Å². The van der Waals surface area contributed by atoms with E-state index in [0.717, 1.165) is 30.0 Å². The summed E-state index contributed by atoms with van der Waals surface area (Å²) < 4.78 is 23.1. The van der Waals surface area contributed by atoms with E-state index < -0.39 is 9.84 Å². The number of anilines is 1. The molecule has 1 aliphatic rings. The van der Waals surface area contributed by atoms with Gasteiger partial charge in [0.15, 0.2) is 9.84 Å². The zero-order chi connectivity index (χ0) is 17.5. The Morgan fingerprint density at radius 2 is 1.83 bits per heavy atom. The van der Waals surface area contributed by atoms with Crippen LogP contribution in [0.25, 0.3) is 0 Å². The van der Waals surface area contributed by atoms with Gasteiger partial charge in [-0.25, -0.2) is 18.4 Å². The van der Waals surface area contributed by atoms with E-state index in [1.165, 1.54) is 6.26 Å². The third-order valence-electron chi connectivity index (χ3n) is 4.37.